The zero-order valence-electron chi connectivity index (χ0n) is 12.9. The summed E-state index contributed by atoms with van der Waals surface area (Å²) in [5.74, 6) is 1.77. The molecular formula is C14H23F3N4. The summed E-state index contributed by atoms with van der Waals surface area (Å²) in [5, 5.41) is 6.03. The predicted molar refractivity (Wildman–Crippen MR) is 78.7 cm³/mol. The van der Waals surface area contributed by atoms with E-state index >= 15 is 0 Å². The lowest BCUT2D eigenvalue weighted by Gasteiger charge is -2.19. The van der Waals surface area contributed by atoms with Crippen LogP contribution in [0.4, 0.5) is 24.8 Å². The van der Waals surface area contributed by atoms with Crippen LogP contribution < -0.4 is 10.6 Å². The van der Waals surface area contributed by atoms with E-state index in [0.29, 0.717) is 23.9 Å². The number of aromatic nitrogens is 2. The molecule has 4 nitrogen and oxygen atoms in total. The molecule has 0 aromatic carbocycles. The molecule has 0 spiro atoms. The van der Waals surface area contributed by atoms with E-state index in [0.717, 1.165) is 18.5 Å². The van der Waals surface area contributed by atoms with Gasteiger partial charge in [-0.1, -0.05) is 13.8 Å². The normalized spacial score (nSPS) is 13.1. The molecule has 0 aliphatic heterocycles. The Labute approximate surface area is 123 Å². The molecule has 0 aliphatic rings. The van der Waals surface area contributed by atoms with E-state index in [1.54, 1.807) is 6.92 Å². The minimum absolute atomic E-state index is 0.470. The second kappa shape index (κ2) is 7.47. The van der Waals surface area contributed by atoms with E-state index < -0.39 is 18.6 Å². The van der Waals surface area contributed by atoms with Gasteiger partial charge in [-0.25, -0.2) is 9.97 Å². The first-order valence-corrected chi connectivity index (χ1v) is 7.21. The molecule has 0 fully saturated rings. The number of rotatable bonds is 7. The van der Waals surface area contributed by atoms with Gasteiger partial charge in [0.1, 0.15) is 17.5 Å². The summed E-state index contributed by atoms with van der Waals surface area (Å²) in [6.45, 7) is 8.02. The summed E-state index contributed by atoms with van der Waals surface area (Å²) >= 11 is 0. The molecule has 0 radical (unpaired) electrons. The van der Waals surface area contributed by atoms with Gasteiger partial charge in [0.15, 0.2) is 0 Å². The third-order valence-electron chi connectivity index (χ3n) is 2.97. The van der Waals surface area contributed by atoms with Gasteiger partial charge in [-0.15, -0.1) is 0 Å². The highest BCUT2D eigenvalue weighted by atomic mass is 19.4. The largest absolute Gasteiger partial charge is 0.391 e. The van der Waals surface area contributed by atoms with Crippen LogP contribution in [-0.4, -0.2) is 28.7 Å². The molecule has 1 aromatic heterocycles. The van der Waals surface area contributed by atoms with Crippen molar-refractivity contribution in [3.05, 3.63) is 11.4 Å². The molecule has 1 atom stereocenters. The minimum atomic E-state index is -4.19. The zero-order chi connectivity index (χ0) is 16.0. The van der Waals surface area contributed by atoms with Crippen molar-refractivity contribution in [2.75, 3.05) is 17.2 Å². The van der Waals surface area contributed by atoms with E-state index in [2.05, 4.69) is 20.6 Å². The van der Waals surface area contributed by atoms with Crippen LogP contribution in [0.1, 0.15) is 45.0 Å². The van der Waals surface area contributed by atoms with Gasteiger partial charge in [-0.05, 0) is 20.3 Å². The van der Waals surface area contributed by atoms with E-state index in [1.165, 1.54) is 6.92 Å². The van der Waals surface area contributed by atoms with Crippen molar-refractivity contribution in [1.82, 2.24) is 9.97 Å². The molecule has 1 unspecified atom stereocenters. The maximum Gasteiger partial charge on any atom is 0.391 e. The van der Waals surface area contributed by atoms with Crippen LogP contribution in [0.15, 0.2) is 0 Å². The lowest BCUT2D eigenvalue weighted by atomic mass is 10.2. The van der Waals surface area contributed by atoms with Crippen LogP contribution in [0.2, 0.25) is 0 Å². The van der Waals surface area contributed by atoms with Crippen molar-refractivity contribution in [1.29, 1.82) is 0 Å². The summed E-state index contributed by atoms with van der Waals surface area (Å²) in [6.07, 6.45) is -3.51. The van der Waals surface area contributed by atoms with Crippen LogP contribution in [-0.2, 0) is 6.42 Å². The molecular weight excluding hydrogens is 281 g/mol. The van der Waals surface area contributed by atoms with Gasteiger partial charge in [-0.3, -0.25) is 0 Å². The summed E-state index contributed by atoms with van der Waals surface area (Å²) in [6, 6.07) is -0.734. The number of anilines is 2. The predicted octanol–water partition coefficient (Wildman–Crippen LogP) is 3.92. The summed E-state index contributed by atoms with van der Waals surface area (Å²) in [7, 11) is 0. The van der Waals surface area contributed by atoms with Crippen LogP contribution >= 0.6 is 0 Å². The average molecular weight is 304 g/mol. The van der Waals surface area contributed by atoms with Crippen LogP contribution in [0.3, 0.4) is 0 Å². The maximum absolute atomic E-state index is 12.4. The molecule has 7 heteroatoms. The molecule has 1 aromatic rings. The number of aryl methyl sites for hydroxylation is 1. The van der Waals surface area contributed by atoms with Gasteiger partial charge in [0, 0.05) is 24.6 Å². The number of alkyl halides is 3. The highest BCUT2D eigenvalue weighted by Crippen LogP contribution is 2.25. The number of hydrogen-bond donors (Lipinski definition) is 2. The van der Waals surface area contributed by atoms with Gasteiger partial charge in [0.2, 0.25) is 0 Å². The third-order valence-corrected chi connectivity index (χ3v) is 2.97. The Morgan fingerprint density at radius 2 is 1.76 bits per heavy atom. The van der Waals surface area contributed by atoms with Gasteiger partial charge in [-0.2, -0.15) is 13.2 Å². The molecule has 0 saturated heterocycles. The molecule has 0 amide bonds. The summed E-state index contributed by atoms with van der Waals surface area (Å²) in [4.78, 5) is 8.69. The third kappa shape index (κ3) is 5.77. The number of nitrogens with one attached hydrogen (secondary N) is 2. The number of nitrogens with zero attached hydrogens (tertiary/aromatic N) is 2. The quantitative estimate of drug-likeness (QED) is 0.801. The Morgan fingerprint density at radius 1 is 1.14 bits per heavy atom. The average Bonchev–Trinajstić information content (AvgIpc) is 2.37. The van der Waals surface area contributed by atoms with E-state index in [-0.39, 0.29) is 0 Å². The topological polar surface area (TPSA) is 49.8 Å². The van der Waals surface area contributed by atoms with Crippen molar-refractivity contribution >= 4 is 11.6 Å². The Kier molecular flexibility index (Phi) is 6.23. The molecule has 0 bridgehead atoms. The second-order valence-corrected chi connectivity index (χ2v) is 5.11. The van der Waals surface area contributed by atoms with Crippen LogP contribution in [0.5, 0.6) is 0 Å². The van der Waals surface area contributed by atoms with Crippen molar-refractivity contribution in [3.8, 4) is 0 Å². The van der Waals surface area contributed by atoms with Gasteiger partial charge >= 0.3 is 6.18 Å². The number of halogens is 3. The standard InChI is InChI=1S/C14H23F3N4/c1-5-7-18-12-10(4)13(21-11(6-2)20-12)19-9(3)8-14(15,16)17/h9H,5-8H2,1-4H3,(H2,18,19,20,21). The molecule has 1 rings (SSSR count). The lowest BCUT2D eigenvalue weighted by molar-refractivity contribution is -0.136. The molecule has 120 valence electrons. The van der Waals surface area contributed by atoms with Crippen molar-refractivity contribution in [3.63, 3.8) is 0 Å². The minimum Gasteiger partial charge on any atom is -0.370 e. The fourth-order valence-electron chi connectivity index (χ4n) is 1.91. The highest BCUT2D eigenvalue weighted by molar-refractivity contribution is 5.57. The monoisotopic (exact) mass is 304 g/mol. The lowest BCUT2D eigenvalue weighted by Crippen LogP contribution is -2.25. The Balaban J connectivity index is 2.94. The van der Waals surface area contributed by atoms with Crippen LogP contribution in [0.25, 0.3) is 0 Å². The molecule has 1 heterocycles. The van der Waals surface area contributed by atoms with Crippen molar-refractivity contribution in [2.45, 2.75) is 59.2 Å². The van der Waals surface area contributed by atoms with Crippen molar-refractivity contribution in [2.24, 2.45) is 0 Å². The van der Waals surface area contributed by atoms with Crippen LogP contribution in [0, 0.1) is 6.92 Å². The maximum atomic E-state index is 12.4. The van der Waals surface area contributed by atoms with Gasteiger partial charge in [0.25, 0.3) is 0 Å². The summed E-state index contributed by atoms with van der Waals surface area (Å²) < 4.78 is 37.2. The Hall–Kier alpha value is -1.53. The van der Waals surface area contributed by atoms with E-state index in [4.69, 9.17) is 0 Å². The fourth-order valence-corrected chi connectivity index (χ4v) is 1.91. The van der Waals surface area contributed by atoms with Gasteiger partial charge < -0.3 is 10.6 Å². The zero-order valence-corrected chi connectivity index (χ0v) is 12.9. The SMILES string of the molecule is CCCNc1nc(CC)nc(NC(C)CC(F)(F)F)c1C. The van der Waals surface area contributed by atoms with Crippen molar-refractivity contribution < 1.29 is 13.2 Å². The first kappa shape index (κ1) is 17.5. The molecule has 21 heavy (non-hydrogen) atoms. The second-order valence-electron chi connectivity index (χ2n) is 5.11. The first-order chi connectivity index (χ1) is 9.76. The number of hydrogen-bond acceptors (Lipinski definition) is 4. The fraction of sp³-hybridized carbons (Fsp3) is 0.714. The Morgan fingerprint density at radius 3 is 2.29 bits per heavy atom. The van der Waals surface area contributed by atoms with Gasteiger partial charge in [0.05, 0.1) is 6.42 Å². The molecule has 0 saturated carbocycles. The smallest absolute Gasteiger partial charge is 0.370 e. The highest BCUT2D eigenvalue weighted by Gasteiger charge is 2.30. The van der Waals surface area contributed by atoms with E-state index in [1.807, 2.05) is 13.8 Å². The molecule has 0 aliphatic carbocycles. The Bertz CT molecular complexity index is 460. The van der Waals surface area contributed by atoms with E-state index in [9.17, 15) is 13.2 Å². The molecule has 2 N–H and O–H groups in total. The first-order valence-electron chi connectivity index (χ1n) is 7.21. The summed E-state index contributed by atoms with van der Waals surface area (Å²) in [5.41, 5.74) is 0.745.